The Balaban J connectivity index is 1.67. The van der Waals surface area contributed by atoms with Gasteiger partial charge in [-0.1, -0.05) is 41.9 Å². The summed E-state index contributed by atoms with van der Waals surface area (Å²) in [5.74, 6) is 0.493. The van der Waals surface area contributed by atoms with Gasteiger partial charge in [-0.15, -0.1) is 0 Å². The number of halogens is 1. The molecule has 142 valence electrons. The molecule has 0 saturated carbocycles. The largest absolute Gasteiger partial charge is 0.488 e. The molecule has 0 atom stereocenters. The van der Waals surface area contributed by atoms with E-state index in [1.165, 1.54) is 0 Å². The maximum atomic E-state index is 13.0. The monoisotopic (exact) mass is 386 g/mol. The first-order valence-electron chi connectivity index (χ1n) is 9.06. The van der Waals surface area contributed by atoms with Crippen molar-refractivity contribution in [2.45, 2.75) is 19.4 Å². The Bertz CT molecular complexity index is 817. The molecule has 3 rings (SSSR count). The molecule has 0 aliphatic carbocycles. The van der Waals surface area contributed by atoms with E-state index in [0.29, 0.717) is 48.9 Å². The number of benzene rings is 2. The summed E-state index contributed by atoms with van der Waals surface area (Å²) in [6.45, 7) is 1.42. The number of carbonyl (C=O) groups is 2. The van der Waals surface area contributed by atoms with Crippen LogP contribution in [0.4, 0.5) is 0 Å². The van der Waals surface area contributed by atoms with E-state index in [-0.39, 0.29) is 17.7 Å². The molecule has 6 heteroatoms. The van der Waals surface area contributed by atoms with Crippen LogP contribution in [0.25, 0.3) is 0 Å². The predicted octanol–water partition coefficient (Wildman–Crippen LogP) is 3.52. The number of carbonyl (C=O) groups excluding carboxylic acids is 2. The van der Waals surface area contributed by atoms with Crippen LogP contribution in [0, 0.1) is 5.92 Å². The zero-order chi connectivity index (χ0) is 19.2. The smallest absolute Gasteiger partial charge is 0.257 e. The molecule has 1 heterocycles. The van der Waals surface area contributed by atoms with Crippen molar-refractivity contribution in [2.75, 3.05) is 20.1 Å². The van der Waals surface area contributed by atoms with E-state index in [1.54, 1.807) is 24.1 Å². The third-order valence-corrected chi connectivity index (χ3v) is 5.23. The van der Waals surface area contributed by atoms with Crippen molar-refractivity contribution in [3.8, 4) is 5.75 Å². The minimum Gasteiger partial charge on any atom is -0.488 e. The summed E-state index contributed by atoms with van der Waals surface area (Å²) in [6.07, 6.45) is 1.35. The van der Waals surface area contributed by atoms with Crippen molar-refractivity contribution >= 4 is 23.4 Å². The molecule has 0 aromatic heterocycles. The first-order valence-corrected chi connectivity index (χ1v) is 9.44. The summed E-state index contributed by atoms with van der Waals surface area (Å²) in [4.78, 5) is 26.5. The van der Waals surface area contributed by atoms with Crippen molar-refractivity contribution in [2.24, 2.45) is 5.92 Å². The highest BCUT2D eigenvalue weighted by molar-refractivity contribution is 6.31. The third kappa shape index (κ3) is 4.61. The van der Waals surface area contributed by atoms with Gasteiger partial charge in [0.05, 0.1) is 5.56 Å². The predicted molar refractivity (Wildman–Crippen MR) is 105 cm³/mol. The van der Waals surface area contributed by atoms with Crippen LogP contribution >= 0.6 is 11.6 Å². The highest BCUT2D eigenvalue weighted by Gasteiger charge is 2.28. The minimum absolute atomic E-state index is 0.0224. The Hall–Kier alpha value is -2.53. The quantitative estimate of drug-likeness (QED) is 0.855. The number of piperidine rings is 1. The van der Waals surface area contributed by atoms with E-state index in [0.717, 1.165) is 5.56 Å². The van der Waals surface area contributed by atoms with Crippen LogP contribution in [0.1, 0.15) is 28.8 Å². The van der Waals surface area contributed by atoms with Crippen LogP contribution in [-0.2, 0) is 11.4 Å². The zero-order valence-corrected chi connectivity index (χ0v) is 16.0. The molecule has 2 aromatic carbocycles. The standard InChI is InChI=1S/C21H23ClN2O3/c1-23-20(25)15-10-12-24(13-11-15)21(26)17-7-3-5-9-19(17)27-14-16-6-2-4-8-18(16)22/h2-9,15H,10-14H2,1H3,(H,23,25). The van der Waals surface area contributed by atoms with Crippen LogP contribution in [-0.4, -0.2) is 36.9 Å². The van der Waals surface area contributed by atoms with Gasteiger partial charge in [-0.05, 0) is 31.0 Å². The van der Waals surface area contributed by atoms with E-state index in [1.807, 2.05) is 36.4 Å². The van der Waals surface area contributed by atoms with Crippen molar-refractivity contribution in [3.05, 3.63) is 64.7 Å². The highest BCUT2D eigenvalue weighted by Crippen LogP contribution is 2.25. The lowest BCUT2D eigenvalue weighted by Crippen LogP contribution is -2.42. The van der Waals surface area contributed by atoms with E-state index >= 15 is 0 Å². The molecule has 0 unspecified atom stereocenters. The van der Waals surface area contributed by atoms with E-state index in [2.05, 4.69) is 5.32 Å². The zero-order valence-electron chi connectivity index (χ0n) is 15.3. The van der Waals surface area contributed by atoms with Crippen molar-refractivity contribution < 1.29 is 14.3 Å². The first kappa shape index (κ1) is 19.2. The number of hydrogen-bond donors (Lipinski definition) is 1. The summed E-state index contributed by atoms with van der Waals surface area (Å²) in [5.41, 5.74) is 1.40. The summed E-state index contributed by atoms with van der Waals surface area (Å²) < 4.78 is 5.90. The molecule has 1 aliphatic rings. The first-order chi connectivity index (χ1) is 13.1. The average molecular weight is 387 g/mol. The van der Waals surface area contributed by atoms with Gasteiger partial charge in [0.15, 0.2) is 0 Å². The number of nitrogens with one attached hydrogen (secondary N) is 1. The van der Waals surface area contributed by atoms with Gasteiger partial charge in [0.25, 0.3) is 5.91 Å². The fourth-order valence-electron chi connectivity index (χ4n) is 3.26. The molecule has 1 saturated heterocycles. The second kappa shape index (κ2) is 8.91. The number of para-hydroxylation sites is 1. The Labute approximate surface area is 164 Å². The van der Waals surface area contributed by atoms with Crippen LogP contribution in [0.3, 0.4) is 0 Å². The molecular formula is C21H23ClN2O3. The van der Waals surface area contributed by atoms with E-state index in [4.69, 9.17) is 16.3 Å². The average Bonchev–Trinajstić information content (AvgIpc) is 2.72. The topological polar surface area (TPSA) is 58.6 Å². The molecule has 27 heavy (non-hydrogen) atoms. The highest BCUT2D eigenvalue weighted by atomic mass is 35.5. The second-order valence-corrected chi connectivity index (χ2v) is 6.96. The van der Waals surface area contributed by atoms with Crippen molar-refractivity contribution in [1.82, 2.24) is 10.2 Å². The van der Waals surface area contributed by atoms with Gasteiger partial charge in [-0.25, -0.2) is 0 Å². The summed E-state index contributed by atoms with van der Waals surface area (Å²) in [5, 5.41) is 3.32. The van der Waals surface area contributed by atoms with Crippen LogP contribution in [0.15, 0.2) is 48.5 Å². The van der Waals surface area contributed by atoms with Gasteiger partial charge >= 0.3 is 0 Å². The summed E-state index contributed by atoms with van der Waals surface area (Å²) >= 11 is 6.18. The number of rotatable bonds is 5. The SMILES string of the molecule is CNC(=O)C1CCN(C(=O)c2ccccc2OCc2ccccc2Cl)CC1. The number of amides is 2. The number of likely N-dealkylation sites (tertiary alicyclic amines) is 1. The van der Waals surface area contributed by atoms with E-state index in [9.17, 15) is 9.59 Å². The maximum Gasteiger partial charge on any atom is 0.257 e. The molecule has 0 radical (unpaired) electrons. The molecule has 2 aromatic rings. The minimum atomic E-state index is -0.0693. The molecule has 0 bridgehead atoms. The molecule has 1 N–H and O–H groups in total. The molecule has 1 fully saturated rings. The fourth-order valence-corrected chi connectivity index (χ4v) is 3.45. The van der Waals surface area contributed by atoms with Gasteiger partial charge in [0, 0.05) is 36.6 Å². The third-order valence-electron chi connectivity index (χ3n) is 4.86. The number of ether oxygens (including phenoxy) is 1. The maximum absolute atomic E-state index is 13.0. The molecule has 0 spiro atoms. The van der Waals surface area contributed by atoms with Gasteiger partial charge in [-0.2, -0.15) is 0 Å². The molecular weight excluding hydrogens is 364 g/mol. The lowest BCUT2D eigenvalue weighted by molar-refractivity contribution is -0.125. The Kier molecular flexibility index (Phi) is 6.35. The Morgan fingerprint density at radius 3 is 2.48 bits per heavy atom. The van der Waals surface area contributed by atoms with E-state index < -0.39 is 0 Å². The fraction of sp³-hybridized carbons (Fsp3) is 0.333. The van der Waals surface area contributed by atoms with Gasteiger partial charge in [0.1, 0.15) is 12.4 Å². The van der Waals surface area contributed by atoms with Crippen molar-refractivity contribution in [3.63, 3.8) is 0 Å². The lowest BCUT2D eigenvalue weighted by atomic mass is 9.95. The van der Waals surface area contributed by atoms with Gasteiger partial charge < -0.3 is 15.0 Å². The summed E-state index contributed by atoms with van der Waals surface area (Å²) in [7, 11) is 1.65. The lowest BCUT2D eigenvalue weighted by Gasteiger charge is -2.31. The molecule has 5 nitrogen and oxygen atoms in total. The number of nitrogens with zero attached hydrogens (tertiary/aromatic N) is 1. The van der Waals surface area contributed by atoms with Crippen LogP contribution in [0.2, 0.25) is 5.02 Å². The molecule has 2 amide bonds. The van der Waals surface area contributed by atoms with Gasteiger partial charge in [-0.3, -0.25) is 9.59 Å². The van der Waals surface area contributed by atoms with Crippen LogP contribution < -0.4 is 10.1 Å². The molecule has 1 aliphatic heterocycles. The Morgan fingerprint density at radius 1 is 1.11 bits per heavy atom. The van der Waals surface area contributed by atoms with Gasteiger partial charge in [0.2, 0.25) is 5.91 Å². The van der Waals surface area contributed by atoms with Crippen molar-refractivity contribution in [1.29, 1.82) is 0 Å². The summed E-state index contributed by atoms with van der Waals surface area (Å²) in [6, 6.07) is 14.7. The van der Waals surface area contributed by atoms with Crippen LogP contribution in [0.5, 0.6) is 5.75 Å². The normalized spacial score (nSPS) is 14.7. The number of hydrogen-bond acceptors (Lipinski definition) is 3. The Morgan fingerprint density at radius 2 is 1.78 bits per heavy atom. The second-order valence-electron chi connectivity index (χ2n) is 6.56.